The number of fused-ring (bicyclic) bond motifs is 6. The Morgan fingerprint density at radius 2 is 1.86 bits per heavy atom. The number of Topliss-reactive ketones (excluding diaryl/α,β-unsaturated/α-hetero) is 1. The van der Waals surface area contributed by atoms with Crippen LogP contribution in [-0.2, 0) is 26.1 Å². The SMILES string of the molecule is CC1(C)C2CCC1(CS(=O)(=O)Nc1cc(C(=O)N3CCOCC3)ccc1N1CC3CC(C1)c1cccc(=O)n1C3)C(=O)C2. The molecule has 0 radical (unpaired) electrons. The van der Waals surface area contributed by atoms with Gasteiger partial charge in [-0.05, 0) is 60.8 Å². The van der Waals surface area contributed by atoms with Gasteiger partial charge in [0.25, 0.3) is 11.5 Å². The Hall–Kier alpha value is -3.18. The molecule has 1 aromatic carbocycles. The average Bonchev–Trinajstić information content (AvgIpc) is 3.31. The number of hydrogen-bond donors (Lipinski definition) is 1. The summed E-state index contributed by atoms with van der Waals surface area (Å²) in [5.74, 6) is 0.203. The van der Waals surface area contributed by atoms with Gasteiger partial charge in [0.2, 0.25) is 10.0 Å². The Balaban J connectivity index is 1.23. The standard InChI is InChI=1S/C32H40N4O6S/c1-31(2)24-8-9-32(31,28(37)16-24)20-43(40,41)33-25-15-22(30(39)34-10-12-42-13-11-34)6-7-27(25)35-17-21-14-23(19-35)26-4-3-5-29(38)36(26)18-21/h3-7,15,21,23-24,33H,8-14,16-20H2,1-2H3. The molecule has 7 rings (SSSR count). The van der Waals surface area contributed by atoms with Gasteiger partial charge in [0.1, 0.15) is 5.78 Å². The number of piperidine rings is 1. The summed E-state index contributed by atoms with van der Waals surface area (Å²) in [7, 11) is -3.96. The van der Waals surface area contributed by atoms with Crippen LogP contribution in [-0.4, -0.2) is 74.7 Å². The number of anilines is 2. The molecule has 1 N–H and O–H groups in total. The van der Waals surface area contributed by atoms with Crippen molar-refractivity contribution in [1.29, 1.82) is 0 Å². The van der Waals surface area contributed by atoms with Crippen LogP contribution in [0.1, 0.15) is 61.5 Å². The molecule has 2 aromatic rings. The highest BCUT2D eigenvalue weighted by atomic mass is 32.2. The van der Waals surface area contributed by atoms with Gasteiger partial charge in [-0.1, -0.05) is 19.9 Å². The second-order valence-corrected chi connectivity index (χ2v) is 15.5. The molecular weight excluding hydrogens is 568 g/mol. The third-order valence-electron chi connectivity index (χ3n) is 11.2. The van der Waals surface area contributed by atoms with Gasteiger partial charge in [0.15, 0.2) is 0 Å². The lowest BCUT2D eigenvalue weighted by molar-refractivity contribution is -0.128. The molecule has 4 fully saturated rings. The van der Waals surface area contributed by atoms with Gasteiger partial charge in [0.05, 0.1) is 35.8 Å². The van der Waals surface area contributed by atoms with E-state index in [4.69, 9.17) is 4.74 Å². The number of ether oxygens (including phenoxy) is 1. The summed E-state index contributed by atoms with van der Waals surface area (Å²) in [6.45, 7) is 7.89. The molecule has 2 saturated heterocycles. The number of ketones is 1. The van der Waals surface area contributed by atoms with E-state index in [-0.39, 0.29) is 46.2 Å². The van der Waals surface area contributed by atoms with Crippen LogP contribution in [0.2, 0.25) is 0 Å². The highest BCUT2D eigenvalue weighted by Crippen LogP contribution is 2.64. The van der Waals surface area contributed by atoms with E-state index < -0.39 is 15.4 Å². The van der Waals surface area contributed by atoms with Crippen LogP contribution in [0.4, 0.5) is 11.4 Å². The molecule has 2 saturated carbocycles. The molecule has 230 valence electrons. The molecule has 4 atom stereocenters. The predicted octanol–water partition coefficient (Wildman–Crippen LogP) is 3.08. The molecule has 43 heavy (non-hydrogen) atoms. The number of hydrogen-bond acceptors (Lipinski definition) is 7. The fraction of sp³-hybridized carbons (Fsp3) is 0.594. The molecule has 1 amide bonds. The normalized spacial score (nSPS) is 29.4. The van der Waals surface area contributed by atoms with Gasteiger partial charge in [-0.15, -0.1) is 0 Å². The van der Waals surface area contributed by atoms with Crippen molar-refractivity contribution in [2.75, 3.05) is 54.8 Å². The summed E-state index contributed by atoms with van der Waals surface area (Å²) >= 11 is 0. The maximum Gasteiger partial charge on any atom is 0.254 e. The molecule has 2 aliphatic carbocycles. The highest BCUT2D eigenvalue weighted by Gasteiger charge is 2.65. The molecule has 11 heteroatoms. The zero-order valence-corrected chi connectivity index (χ0v) is 25.7. The van der Waals surface area contributed by atoms with Gasteiger partial charge >= 0.3 is 0 Å². The summed E-state index contributed by atoms with van der Waals surface area (Å²) in [6.07, 6.45) is 2.86. The minimum atomic E-state index is -3.96. The van der Waals surface area contributed by atoms with Gasteiger partial charge in [-0.3, -0.25) is 19.1 Å². The van der Waals surface area contributed by atoms with Crippen molar-refractivity contribution in [2.24, 2.45) is 22.7 Å². The average molecular weight is 609 g/mol. The number of aromatic nitrogens is 1. The van der Waals surface area contributed by atoms with Gasteiger partial charge in [-0.25, -0.2) is 8.42 Å². The van der Waals surface area contributed by atoms with Crippen molar-refractivity contribution in [2.45, 2.75) is 52.0 Å². The van der Waals surface area contributed by atoms with Crippen molar-refractivity contribution in [3.8, 4) is 0 Å². The van der Waals surface area contributed by atoms with Gasteiger partial charge in [-0.2, -0.15) is 0 Å². The maximum atomic E-state index is 14.0. The zero-order valence-electron chi connectivity index (χ0n) is 24.9. The lowest BCUT2D eigenvalue weighted by Crippen LogP contribution is -2.47. The van der Waals surface area contributed by atoms with Gasteiger partial charge < -0.3 is 19.1 Å². The first-order valence-electron chi connectivity index (χ1n) is 15.5. The summed E-state index contributed by atoms with van der Waals surface area (Å²) < 4.78 is 38.1. The zero-order chi connectivity index (χ0) is 30.1. The number of carbonyl (C=O) groups is 2. The second-order valence-electron chi connectivity index (χ2n) is 13.8. The summed E-state index contributed by atoms with van der Waals surface area (Å²) in [5.41, 5.74) is 1.22. The van der Waals surface area contributed by atoms with Crippen LogP contribution >= 0.6 is 0 Å². The van der Waals surface area contributed by atoms with E-state index in [2.05, 4.69) is 9.62 Å². The van der Waals surface area contributed by atoms with Gasteiger partial charge in [0, 0.05) is 62.4 Å². The molecule has 1 aromatic heterocycles. The number of amides is 1. The number of rotatable bonds is 6. The fourth-order valence-corrected chi connectivity index (χ4v) is 10.6. The third kappa shape index (κ3) is 4.70. The minimum absolute atomic E-state index is 0.0120. The van der Waals surface area contributed by atoms with Crippen LogP contribution in [0.25, 0.3) is 0 Å². The lowest BCUT2D eigenvalue weighted by atomic mass is 9.70. The van der Waals surface area contributed by atoms with E-state index in [0.717, 1.165) is 18.5 Å². The monoisotopic (exact) mass is 608 g/mol. The van der Waals surface area contributed by atoms with Crippen molar-refractivity contribution in [3.05, 3.63) is 58.0 Å². The minimum Gasteiger partial charge on any atom is -0.378 e. The number of pyridine rings is 1. The molecule has 4 unspecified atom stereocenters. The van der Waals surface area contributed by atoms with E-state index >= 15 is 0 Å². The van der Waals surface area contributed by atoms with Crippen LogP contribution in [0.5, 0.6) is 0 Å². The molecule has 5 aliphatic rings. The van der Waals surface area contributed by atoms with E-state index in [1.807, 2.05) is 30.5 Å². The van der Waals surface area contributed by atoms with Crippen LogP contribution in [0.15, 0.2) is 41.2 Å². The van der Waals surface area contributed by atoms with E-state index in [1.165, 1.54) is 0 Å². The molecule has 4 heterocycles. The molecule has 3 aliphatic heterocycles. The number of morpholine rings is 1. The Morgan fingerprint density at radius 3 is 2.58 bits per heavy atom. The predicted molar refractivity (Wildman–Crippen MR) is 163 cm³/mol. The summed E-state index contributed by atoms with van der Waals surface area (Å²) in [5, 5.41) is 0. The Bertz CT molecular complexity index is 1650. The van der Waals surface area contributed by atoms with E-state index in [9.17, 15) is 22.8 Å². The van der Waals surface area contributed by atoms with Crippen molar-refractivity contribution in [1.82, 2.24) is 9.47 Å². The quantitative estimate of drug-likeness (QED) is 0.536. The number of benzene rings is 1. The summed E-state index contributed by atoms with van der Waals surface area (Å²) in [6, 6.07) is 10.7. The van der Waals surface area contributed by atoms with Crippen LogP contribution < -0.4 is 15.2 Å². The highest BCUT2D eigenvalue weighted by molar-refractivity contribution is 7.92. The van der Waals surface area contributed by atoms with Crippen LogP contribution in [0, 0.1) is 22.7 Å². The Labute approximate surface area is 252 Å². The van der Waals surface area contributed by atoms with E-state index in [0.29, 0.717) is 75.7 Å². The second kappa shape index (κ2) is 10.2. The van der Waals surface area contributed by atoms with Crippen molar-refractivity contribution >= 4 is 33.1 Å². The first-order chi connectivity index (χ1) is 20.5. The molecule has 4 bridgehead atoms. The fourth-order valence-electron chi connectivity index (χ4n) is 8.70. The van der Waals surface area contributed by atoms with E-state index in [1.54, 1.807) is 29.2 Å². The molecule has 10 nitrogen and oxygen atoms in total. The first kappa shape index (κ1) is 28.6. The smallest absolute Gasteiger partial charge is 0.254 e. The summed E-state index contributed by atoms with van der Waals surface area (Å²) in [4.78, 5) is 43.1. The Morgan fingerprint density at radius 1 is 1.07 bits per heavy atom. The number of carbonyl (C=O) groups excluding carboxylic acids is 2. The maximum absolute atomic E-state index is 14.0. The van der Waals surface area contributed by atoms with Crippen molar-refractivity contribution in [3.63, 3.8) is 0 Å². The van der Waals surface area contributed by atoms with Crippen molar-refractivity contribution < 1.29 is 22.7 Å². The number of nitrogens with one attached hydrogen (secondary N) is 1. The molecule has 0 spiro atoms. The topological polar surface area (TPSA) is 118 Å². The number of sulfonamides is 1. The largest absolute Gasteiger partial charge is 0.378 e. The third-order valence-corrected chi connectivity index (χ3v) is 12.6. The van der Waals surface area contributed by atoms with Crippen LogP contribution in [0.3, 0.4) is 0 Å². The molecular formula is C32H40N4O6S. The number of nitrogens with zero attached hydrogens (tertiary/aromatic N) is 3. The first-order valence-corrected chi connectivity index (χ1v) is 17.1. The Kier molecular flexibility index (Phi) is 6.77. The lowest BCUT2D eigenvalue weighted by Gasteiger charge is -2.44.